The van der Waals surface area contributed by atoms with Crippen LogP contribution < -0.4 is 0 Å². The van der Waals surface area contributed by atoms with Gasteiger partial charge in [0.2, 0.25) is 0 Å². The van der Waals surface area contributed by atoms with Crippen LogP contribution in [0.2, 0.25) is 0 Å². The normalized spacial score (nSPS) is 11.6. The molecule has 3 aromatic rings. The van der Waals surface area contributed by atoms with Gasteiger partial charge in [-0.15, -0.1) is 11.3 Å². The van der Waals surface area contributed by atoms with Crippen LogP contribution in [0.15, 0.2) is 64.9 Å². The first kappa shape index (κ1) is 16.9. The first-order valence-corrected chi connectivity index (χ1v) is 10.7. The summed E-state index contributed by atoms with van der Waals surface area (Å²) in [5.41, 5.74) is 4.10. The smallest absolute Gasteiger partial charge is 0.176 e. The number of thiophene rings is 1. The molecule has 124 valence electrons. The van der Waals surface area contributed by atoms with Crippen molar-refractivity contribution in [2.45, 2.75) is 24.7 Å². The molecule has 0 fully saturated rings. The Balaban J connectivity index is 2.28. The minimum absolute atomic E-state index is 0.392. The molecule has 0 saturated carbocycles. The minimum atomic E-state index is -3.28. The van der Waals surface area contributed by atoms with Crippen LogP contribution in [0.1, 0.15) is 18.2 Å². The lowest BCUT2D eigenvalue weighted by Gasteiger charge is -2.11. The van der Waals surface area contributed by atoms with E-state index in [2.05, 4.69) is 24.4 Å². The number of rotatable bonds is 5. The van der Waals surface area contributed by atoms with Crippen LogP contribution in [0.25, 0.3) is 22.3 Å². The number of benzene rings is 2. The van der Waals surface area contributed by atoms with E-state index in [4.69, 9.17) is 0 Å². The van der Waals surface area contributed by atoms with E-state index in [-0.39, 0.29) is 0 Å². The SMILES string of the molecule is CCCc1scc(-c2ccccc2S(C)(=O)=O)c1-c1ccccc1. The molecular formula is C20H20O2S2. The fraction of sp³-hybridized carbons (Fsp3) is 0.200. The maximum atomic E-state index is 12.2. The van der Waals surface area contributed by atoms with Gasteiger partial charge in [0.25, 0.3) is 0 Å². The lowest BCUT2D eigenvalue weighted by Crippen LogP contribution is -2.00. The number of aryl methyl sites for hydroxylation is 1. The average molecular weight is 357 g/mol. The van der Waals surface area contributed by atoms with Gasteiger partial charge in [-0.1, -0.05) is 61.9 Å². The third-order valence-electron chi connectivity index (χ3n) is 3.98. The molecule has 0 spiro atoms. The summed E-state index contributed by atoms with van der Waals surface area (Å²) >= 11 is 1.71. The molecule has 3 rings (SSSR count). The van der Waals surface area contributed by atoms with Gasteiger partial charge in [0, 0.05) is 27.8 Å². The highest BCUT2D eigenvalue weighted by atomic mass is 32.2. The number of hydrogen-bond donors (Lipinski definition) is 0. The Morgan fingerprint density at radius 3 is 2.25 bits per heavy atom. The predicted octanol–water partition coefficient (Wildman–Crippen LogP) is 5.44. The maximum Gasteiger partial charge on any atom is 0.176 e. The molecule has 2 nitrogen and oxygen atoms in total. The van der Waals surface area contributed by atoms with Gasteiger partial charge >= 0.3 is 0 Å². The fourth-order valence-electron chi connectivity index (χ4n) is 2.94. The van der Waals surface area contributed by atoms with E-state index in [1.165, 1.54) is 16.7 Å². The van der Waals surface area contributed by atoms with E-state index in [1.54, 1.807) is 23.5 Å². The number of hydrogen-bond acceptors (Lipinski definition) is 3. The van der Waals surface area contributed by atoms with Gasteiger partial charge in [-0.3, -0.25) is 0 Å². The van der Waals surface area contributed by atoms with Crippen LogP contribution in [-0.4, -0.2) is 14.7 Å². The highest BCUT2D eigenvalue weighted by Gasteiger charge is 2.20. The molecule has 1 aromatic heterocycles. The van der Waals surface area contributed by atoms with Gasteiger partial charge in [0.1, 0.15) is 0 Å². The topological polar surface area (TPSA) is 34.1 Å². The molecule has 0 radical (unpaired) electrons. The van der Waals surface area contributed by atoms with E-state index in [0.717, 1.165) is 29.5 Å². The third-order valence-corrected chi connectivity index (χ3v) is 6.18. The van der Waals surface area contributed by atoms with Gasteiger partial charge in [-0.2, -0.15) is 0 Å². The van der Waals surface area contributed by atoms with Crippen molar-refractivity contribution < 1.29 is 8.42 Å². The lowest BCUT2D eigenvalue weighted by molar-refractivity contribution is 0.602. The Hall–Kier alpha value is -1.91. The molecule has 0 saturated heterocycles. The second kappa shape index (κ2) is 6.91. The van der Waals surface area contributed by atoms with E-state index in [0.29, 0.717) is 4.90 Å². The molecule has 0 bridgehead atoms. The van der Waals surface area contributed by atoms with Crippen molar-refractivity contribution in [2.24, 2.45) is 0 Å². The minimum Gasteiger partial charge on any atom is -0.224 e. The standard InChI is InChI=1S/C20H20O2S2/c1-3-9-18-20(15-10-5-4-6-11-15)17(14-23-18)16-12-7-8-13-19(16)24(2,21)22/h4-8,10-14H,3,9H2,1-2H3. The molecule has 1 heterocycles. The van der Waals surface area contributed by atoms with Crippen LogP contribution in [0.3, 0.4) is 0 Å². The summed E-state index contributed by atoms with van der Waals surface area (Å²) in [6, 6.07) is 17.5. The van der Waals surface area contributed by atoms with Crippen molar-refractivity contribution in [2.75, 3.05) is 6.26 Å². The summed E-state index contributed by atoms with van der Waals surface area (Å²) in [6.07, 6.45) is 3.33. The summed E-state index contributed by atoms with van der Waals surface area (Å²) in [7, 11) is -3.28. The van der Waals surface area contributed by atoms with Crippen LogP contribution in [-0.2, 0) is 16.3 Å². The van der Waals surface area contributed by atoms with Crippen LogP contribution >= 0.6 is 11.3 Å². The quantitative estimate of drug-likeness (QED) is 0.610. The summed E-state index contributed by atoms with van der Waals surface area (Å²) in [4.78, 5) is 1.70. The van der Waals surface area contributed by atoms with Gasteiger partial charge in [-0.25, -0.2) is 8.42 Å². The van der Waals surface area contributed by atoms with Gasteiger partial charge in [0.05, 0.1) is 4.90 Å². The molecule has 24 heavy (non-hydrogen) atoms. The average Bonchev–Trinajstić information content (AvgIpc) is 2.99. The van der Waals surface area contributed by atoms with Crippen molar-refractivity contribution >= 4 is 21.2 Å². The summed E-state index contributed by atoms with van der Waals surface area (Å²) < 4.78 is 24.4. The van der Waals surface area contributed by atoms with Crippen LogP contribution in [0, 0.1) is 0 Å². The molecule has 0 amide bonds. The van der Waals surface area contributed by atoms with Crippen molar-refractivity contribution in [1.82, 2.24) is 0 Å². The summed E-state index contributed by atoms with van der Waals surface area (Å²) in [5, 5.41) is 2.09. The highest BCUT2D eigenvalue weighted by molar-refractivity contribution is 7.90. The zero-order chi connectivity index (χ0) is 17.2. The first-order chi connectivity index (χ1) is 11.5. The Kier molecular flexibility index (Phi) is 4.88. The molecule has 0 unspecified atom stereocenters. The van der Waals surface area contributed by atoms with Crippen molar-refractivity contribution in [3.05, 3.63) is 64.9 Å². The zero-order valence-corrected chi connectivity index (χ0v) is 15.5. The van der Waals surface area contributed by atoms with E-state index >= 15 is 0 Å². The molecular weight excluding hydrogens is 336 g/mol. The maximum absolute atomic E-state index is 12.2. The fourth-order valence-corrected chi connectivity index (χ4v) is 5.02. The second-order valence-electron chi connectivity index (χ2n) is 5.83. The summed E-state index contributed by atoms with van der Waals surface area (Å²) in [5.74, 6) is 0. The molecule has 0 aliphatic heterocycles. The Morgan fingerprint density at radius 2 is 1.58 bits per heavy atom. The molecule has 0 aliphatic rings. The van der Waals surface area contributed by atoms with Crippen LogP contribution in [0.4, 0.5) is 0 Å². The van der Waals surface area contributed by atoms with E-state index in [1.807, 2.05) is 30.3 Å². The van der Waals surface area contributed by atoms with Gasteiger partial charge < -0.3 is 0 Å². The van der Waals surface area contributed by atoms with Crippen molar-refractivity contribution in [3.63, 3.8) is 0 Å². The Bertz CT molecular complexity index is 939. The third kappa shape index (κ3) is 3.30. The lowest BCUT2D eigenvalue weighted by atomic mass is 9.96. The summed E-state index contributed by atoms with van der Waals surface area (Å²) in [6.45, 7) is 2.17. The van der Waals surface area contributed by atoms with Crippen LogP contribution in [0.5, 0.6) is 0 Å². The van der Waals surface area contributed by atoms with Crippen molar-refractivity contribution in [3.8, 4) is 22.3 Å². The Morgan fingerprint density at radius 1 is 0.917 bits per heavy atom. The number of sulfone groups is 1. The van der Waals surface area contributed by atoms with Gasteiger partial charge in [-0.05, 0) is 23.4 Å². The molecule has 2 aromatic carbocycles. The monoisotopic (exact) mass is 356 g/mol. The van der Waals surface area contributed by atoms with Gasteiger partial charge in [0.15, 0.2) is 9.84 Å². The second-order valence-corrected chi connectivity index (χ2v) is 8.78. The molecule has 0 N–H and O–H groups in total. The molecule has 4 heteroatoms. The zero-order valence-electron chi connectivity index (χ0n) is 13.8. The largest absolute Gasteiger partial charge is 0.224 e. The highest BCUT2D eigenvalue weighted by Crippen LogP contribution is 2.42. The Labute approximate surface area is 147 Å². The first-order valence-electron chi connectivity index (χ1n) is 7.97. The van der Waals surface area contributed by atoms with Crippen molar-refractivity contribution in [1.29, 1.82) is 0 Å². The van der Waals surface area contributed by atoms with E-state index in [9.17, 15) is 8.42 Å². The molecule has 0 atom stereocenters. The predicted molar refractivity (Wildman–Crippen MR) is 102 cm³/mol. The molecule has 0 aliphatic carbocycles. The van der Waals surface area contributed by atoms with E-state index < -0.39 is 9.84 Å².